The highest BCUT2D eigenvalue weighted by atomic mass is 16.5. The average Bonchev–Trinajstić information content (AvgIpc) is 2.25. The largest absolute Gasteiger partial charge is 0.464 e. The molecule has 0 aromatic carbocycles. The molecule has 0 aromatic heterocycles. The second-order valence-corrected chi connectivity index (χ2v) is 3.41. The van der Waals surface area contributed by atoms with Gasteiger partial charge in [0.1, 0.15) is 18.3 Å². The minimum atomic E-state index is -1.97. The van der Waals surface area contributed by atoms with Crippen LogP contribution in [0.2, 0.25) is 0 Å². The van der Waals surface area contributed by atoms with E-state index in [2.05, 4.69) is 4.74 Å². The number of hydrogen-bond acceptors (Lipinski definition) is 7. The number of carbonyl (C=O) groups excluding carboxylic acids is 1. The van der Waals surface area contributed by atoms with Crippen LogP contribution in [0.5, 0.6) is 0 Å². The van der Waals surface area contributed by atoms with Gasteiger partial charge in [0.05, 0.1) is 12.7 Å². The molecule has 0 bridgehead atoms. The van der Waals surface area contributed by atoms with Crippen LogP contribution in [0.3, 0.4) is 0 Å². The number of rotatable bonds is 6. The van der Waals surface area contributed by atoms with Crippen molar-refractivity contribution in [3.8, 4) is 0 Å². The third-order valence-corrected chi connectivity index (χ3v) is 2.05. The van der Waals surface area contributed by atoms with Crippen molar-refractivity contribution in [2.45, 2.75) is 44.4 Å². The molecule has 96 valence electrons. The lowest BCUT2D eigenvalue weighted by Gasteiger charge is -2.26. The molecular formula is C9H18O7. The molecule has 0 rings (SSSR count). The molecule has 0 aliphatic heterocycles. The Morgan fingerprint density at radius 2 is 1.56 bits per heavy atom. The maximum Gasteiger partial charge on any atom is 0.337 e. The molecule has 0 aromatic rings. The molecule has 0 amide bonds. The van der Waals surface area contributed by atoms with Crippen molar-refractivity contribution < 1.29 is 35.1 Å². The number of carbonyl (C=O) groups is 1. The van der Waals surface area contributed by atoms with Gasteiger partial charge in [0, 0.05) is 0 Å². The smallest absolute Gasteiger partial charge is 0.337 e. The van der Waals surface area contributed by atoms with Gasteiger partial charge in [0.2, 0.25) is 0 Å². The Balaban J connectivity index is 4.42. The van der Waals surface area contributed by atoms with Crippen molar-refractivity contribution in [3.63, 3.8) is 0 Å². The van der Waals surface area contributed by atoms with E-state index in [1.165, 1.54) is 13.8 Å². The quantitative estimate of drug-likeness (QED) is 0.320. The molecule has 0 saturated heterocycles. The third-order valence-electron chi connectivity index (χ3n) is 2.05. The van der Waals surface area contributed by atoms with Crippen LogP contribution in [0.4, 0.5) is 0 Å². The van der Waals surface area contributed by atoms with Gasteiger partial charge in [-0.25, -0.2) is 4.79 Å². The molecular weight excluding hydrogens is 220 g/mol. The maximum atomic E-state index is 11.0. The summed E-state index contributed by atoms with van der Waals surface area (Å²) < 4.78 is 4.41. The van der Waals surface area contributed by atoms with E-state index in [1.54, 1.807) is 0 Å². The normalized spacial score (nSPS) is 20.7. The number of esters is 1. The minimum Gasteiger partial charge on any atom is -0.464 e. The average molecular weight is 238 g/mol. The van der Waals surface area contributed by atoms with Crippen LogP contribution >= 0.6 is 0 Å². The topological polar surface area (TPSA) is 127 Å². The maximum absolute atomic E-state index is 11.0. The predicted molar refractivity (Wildman–Crippen MR) is 52.3 cm³/mol. The van der Waals surface area contributed by atoms with E-state index >= 15 is 0 Å². The summed E-state index contributed by atoms with van der Waals surface area (Å²) in [6, 6.07) is 0. The summed E-state index contributed by atoms with van der Waals surface area (Å²) in [5.74, 6) is -1.10. The summed E-state index contributed by atoms with van der Waals surface area (Å²) in [6.07, 6.45) is -8.72. The molecule has 0 aliphatic carbocycles. The Labute approximate surface area is 92.9 Å². The predicted octanol–water partition coefficient (Wildman–Crippen LogP) is -2.63. The lowest BCUT2D eigenvalue weighted by molar-refractivity contribution is -0.172. The third kappa shape index (κ3) is 4.03. The lowest BCUT2D eigenvalue weighted by atomic mass is 10.00. The second kappa shape index (κ2) is 6.77. The number of hydrogen-bond donors (Lipinski definition) is 5. The molecule has 0 spiro atoms. The Bertz CT molecular complexity index is 218. The van der Waals surface area contributed by atoms with Crippen LogP contribution in [0.15, 0.2) is 0 Å². The first-order valence-electron chi connectivity index (χ1n) is 4.89. The van der Waals surface area contributed by atoms with E-state index in [-0.39, 0.29) is 6.61 Å². The number of aliphatic hydroxyl groups excluding tert-OH is 5. The Kier molecular flexibility index (Phi) is 6.46. The van der Waals surface area contributed by atoms with Gasteiger partial charge in [-0.1, -0.05) is 0 Å². The van der Waals surface area contributed by atoms with E-state index in [0.717, 1.165) is 0 Å². The van der Waals surface area contributed by atoms with Crippen LogP contribution in [0.1, 0.15) is 13.8 Å². The van der Waals surface area contributed by atoms with Gasteiger partial charge in [-0.3, -0.25) is 0 Å². The summed E-state index contributed by atoms with van der Waals surface area (Å²) >= 11 is 0. The molecule has 5 N–H and O–H groups in total. The SMILES string of the molecule is CCOC(=O)[C@@H](O)[C@H](O)[C@H](O)[C@H](O)[C@@H](C)O. The van der Waals surface area contributed by atoms with E-state index in [4.69, 9.17) is 5.11 Å². The van der Waals surface area contributed by atoms with E-state index < -0.39 is 36.5 Å². The molecule has 0 saturated carbocycles. The highest BCUT2D eigenvalue weighted by Gasteiger charge is 2.36. The van der Waals surface area contributed by atoms with Crippen molar-refractivity contribution in [2.24, 2.45) is 0 Å². The van der Waals surface area contributed by atoms with Crippen LogP contribution in [-0.4, -0.2) is 68.6 Å². The lowest BCUT2D eigenvalue weighted by Crippen LogP contribution is -2.51. The zero-order valence-corrected chi connectivity index (χ0v) is 9.15. The minimum absolute atomic E-state index is 0.0116. The second-order valence-electron chi connectivity index (χ2n) is 3.41. The van der Waals surface area contributed by atoms with Crippen LogP contribution in [0, 0.1) is 0 Å². The molecule has 7 nitrogen and oxygen atoms in total. The fourth-order valence-corrected chi connectivity index (χ4v) is 1.04. The number of aliphatic hydroxyl groups is 5. The highest BCUT2D eigenvalue weighted by Crippen LogP contribution is 2.09. The van der Waals surface area contributed by atoms with Gasteiger partial charge < -0.3 is 30.3 Å². The zero-order valence-electron chi connectivity index (χ0n) is 9.15. The summed E-state index contributed by atoms with van der Waals surface area (Å²) in [4.78, 5) is 11.0. The molecule has 0 unspecified atom stereocenters. The standard InChI is InChI=1S/C9H18O7/c1-3-16-9(15)8(14)7(13)6(12)5(11)4(2)10/h4-8,10-14H,3H2,1-2H3/t4-,5-,6-,7-,8+/m1/s1. The first-order valence-corrected chi connectivity index (χ1v) is 4.89. The monoisotopic (exact) mass is 238 g/mol. The highest BCUT2D eigenvalue weighted by molar-refractivity contribution is 5.75. The molecule has 0 aliphatic rings. The Morgan fingerprint density at radius 1 is 1.06 bits per heavy atom. The number of ether oxygens (including phenoxy) is 1. The summed E-state index contributed by atoms with van der Waals surface area (Å²) in [7, 11) is 0. The molecule has 7 heteroatoms. The molecule has 0 heterocycles. The molecule has 5 atom stereocenters. The van der Waals surface area contributed by atoms with Gasteiger partial charge in [0.25, 0.3) is 0 Å². The van der Waals surface area contributed by atoms with Crippen LogP contribution in [-0.2, 0) is 9.53 Å². The van der Waals surface area contributed by atoms with Gasteiger partial charge in [-0.05, 0) is 13.8 Å². The fraction of sp³-hybridized carbons (Fsp3) is 0.889. The van der Waals surface area contributed by atoms with E-state index in [1.807, 2.05) is 0 Å². The first kappa shape index (κ1) is 15.3. The van der Waals surface area contributed by atoms with Gasteiger partial charge in [-0.15, -0.1) is 0 Å². The Hall–Kier alpha value is -0.730. The van der Waals surface area contributed by atoms with Gasteiger partial charge >= 0.3 is 5.97 Å². The first-order chi connectivity index (χ1) is 7.32. The van der Waals surface area contributed by atoms with Crippen molar-refractivity contribution in [1.29, 1.82) is 0 Å². The Morgan fingerprint density at radius 3 is 1.94 bits per heavy atom. The van der Waals surface area contributed by atoms with Crippen molar-refractivity contribution in [3.05, 3.63) is 0 Å². The summed E-state index contributed by atoms with van der Waals surface area (Å²) in [6.45, 7) is 2.72. The van der Waals surface area contributed by atoms with Crippen molar-refractivity contribution >= 4 is 5.97 Å². The molecule has 0 fully saturated rings. The van der Waals surface area contributed by atoms with E-state index in [9.17, 15) is 25.2 Å². The zero-order chi connectivity index (χ0) is 12.9. The van der Waals surface area contributed by atoms with Gasteiger partial charge in [-0.2, -0.15) is 0 Å². The van der Waals surface area contributed by atoms with Crippen molar-refractivity contribution in [2.75, 3.05) is 6.61 Å². The molecule has 0 radical (unpaired) electrons. The van der Waals surface area contributed by atoms with Crippen LogP contribution in [0.25, 0.3) is 0 Å². The summed E-state index contributed by atoms with van der Waals surface area (Å²) in [5.41, 5.74) is 0. The molecule has 16 heavy (non-hydrogen) atoms. The van der Waals surface area contributed by atoms with Gasteiger partial charge in [0.15, 0.2) is 6.10 Å². The summed E-state index contributed by atoms with van der Waals surface area (Å²) in [5, 5.41) is 46.0. The van der Waals surface area contributed by atoms with Crippen molar-refractivity contribution in [1.82, 2.24) is 0 Å². The fourth-order valence-electron chi connectivity index (χ4n) is 1.04. The van der Waals surface area contributed by atoms with E-state index in [0.29, 0.717) is 0 Å². The van der Waals surface area contributed by atoms with Crippen LogP contribution < -0.4 is 0 Å².